The Labute approximate surface area is 112 Å². The highest BCUT2D eigenvalue weighted by Crippen LogP contribution is 2.20. The summed E-state index contributed by atoms with van der Waals surface area (Å²) in [6, 6.07) is 6.93. The van der Waals surface area contributed by atoms with Gasteiger partial charge in [-0.15, -0.1) is 0 Å². The number of likely N-dealkylation sites (tertiary alicyclic amines) is 1. The Morgan fingerprint density at radius 2 is 2.26 bits per heavy atom. The van der Waals surface area contributed by atoms with E-state index in [1.807, 2.05) is 6.08 Å². The van der Waals surface area contributed by atoms with E-state index in [1.165, 1.54) is 6.07 Å². The molecule has 102 valence electrons. The van der Waals surface area contributed by atoms with E-state index in [0.717, 1.165) is 25.9 Å². The Hall–Kier alpha value is -1.72. The van der Waals surface area contributed by atoms with Gasteiger partial charge >= 0.3 is 0 Å². The minimum absolute atomic E-state index is 0.124. The minimum atomic E-state index is -0.369. The molecule has 1 N–H and O–H groups in total. The lowest BCUT2D eigenvalue weighted by molar-refractivity contribution is -0.385. The van der Waals surface area contributed by atoms with Crippen LogP contribution in [0.15, 0.2) is 30.3 Å². The number of para-hydroxylation sites is 1. The zero-order chi connectivity index (χ0) is 13.7. The standard InChI is InChI=1S/C14H18N2O3/c17-11-13-7-4-10-15(13)9-3-6-12-5-1-2-8-14(12)16(18)19/h1-3,5-6,8,13,17H,4,7,9-11H2/b6-3+/t13-/m0/s1. The molecule has 0 aliphatic carbocycles. The van der Waals surface area contributed by atoms with E-state index in [-0.39, 0.29) is 23.3 Å². The highest BCUT2D eigenvalue weighted by Gasteiger charge is 2.22. The largest absolute Gasteiger partial charge is 0.395 e. The molecule has 5 heteroatoms. The van der Waals surface area contributed by atoms with Gasteiger partial charge in [0.15, 0.2) is 0 Å². The molecule has 2 rings (SSSR count). The zero-order valence-corrected chi connectivity index (χ0v) is 10.7. The van der Waals surface area contributed by atoms with Crippen LogP contribution < -0.4 is 0 Å². The molecule has 1 atom stereocenters. The van der Waals surface area contributed by atoms with Crippen LogP contribution in [0.4, 0.5) is 5.69 Å². The third-order valence-corrected chi connectivity index (χ3v) is 3.48. The summed E-state index contributed by atoms with van der Waals surface area (Å²) in [5.41, 5.74) is 0.742. The molecule has 0 radical (unpaired) electrons. The van der Waals surface area contributed by atoms with Crippen molar-refractivity contribution in [3.63, 3.8) is 0 Å². The van der Waals surface area contributed by atoms with Gasteiger partial charge in [0.2, 0.25) is 0 Å². The van der Waals surface area contributed by atoms with E-state index in [2.05, 4.69) is 4.90 Å². The Balaban J connectivity index is 2.01. The summed E-state index contributed by atoms with van der Waals surface area (Å²) in [6.07, 6.45) is 5.83. The molecule has 5 nitrogen and oxygen atoms in total. The third kappa shape index (κ3) is 3.39. The predicted octanol–water partition coefficient (Wildman–Crippen LogP) is 2.06. The first-order valence-electron chi connectivity index (χ1n) is 6.47. The van der Waals surface area contributed by atoms with Gasteiger partial charge in [-0.3, -0.25) is 15.0 Å². The number of nitro benzene ring substituents is 1. The lowest BCUT2D eigenvalue weighted by Crippen LogP contribution is -2.32. The van der Waals surface area contributed by atoms with Crippen molar-refractivity contribution in [3.8, 4) is 0 Å². The first kappa shape index (κ1) is 13.7. The van der Waals surface area contributed by atoms with Gasteiger partial charge < -0.3 is 5.11 Å². The quantitative estimate of drug-likeness (QED) is 0.651. The van der Waals surface area contributed by atoms with E-state index in [9.17, 15) is 15.2 Å². The predicted molar refractivity (Wildman–Crippen MR) is 73.8 cm³/mol. The van der Waals surface area contributed by atoms with Gasteiger partial charge in [-0.05, 0) is 25.5 Å². The molecule has 0 aromatic heterocycles. The number of nitrogens with zero attached hydrogens (tertiary/aromatic N) is 2. The van der Waals surface area contributed by atoms with Gasteiger partial charge in [0.05, 0.1) is 17.1 Å². The minimum Gasteiger partial charge on any atom is -0.395 e. The smallest absolute Gasteiger partial charge is 0.276 e. The number of aliphatic hydroxyl groups is 1. The fraction of sp³-hybridized carbons (Fsp3) is 0.429. The summed E-state index contributed by atoms with van der Waals surface area (Å²) >= 11 is 0. The van der Waals surface area contributed by atoms with Crippen molar-refractivity contribution in [3.05, 3.63) is 46.0 Å². The maximum atomic E-state index is 10.9. The summed E-state index contributed by atoms with van der Waals surface area (Å²) in [5.74, 6) is 0. The summed E-state index contributed by atoms with van der Waals surface area (Å²) in [5, 5.41) is 20.1. The van der Waals surface area contributed by atoms with Crippen LogP contribution in [-0.4, -0.2) is 40.7 Å². The van der Waals surface area contributed by atoms with Gasteiger partial charge in [-0.1, -0.05) is 24.3 Å². The Morgan fingerprint density at radius 3 is 3.00 bits per heavy atom. The van der Waals surface area contributed by atoms with Gasteiger partial charge in [0.1, 0.15) is 0 Å². The molecule has 1 aliphatic heterocycles. The lowest BCUT2D eigenvalue weighted by Gasteiger charge is -2.20. The molecule has 0 amide bonds. The molecule has 1 fully saturated rings. The Kier molecular flexibility index (Phi) is 4.65. The van der Waals surface area contributed by atoms with Crippen LogP contribution in [-0.2, 0) is 0 Å². The summed E-state index contributed by atoms with van der Waals surface area (Å²) in [6.45, 7) is 1.88. The molecular weight excluding hydrogens is 244 g/mol. The van der Waals surface area contributed by atoms with Crippen LogP contribution in [0.3, 0.4) is 0 Å². The number of rotatable bonds is 5. The average molecular weight is 262 g/mol. The maximum Gasteiger partial charge on any atom is 0.276 e. The normalized spacial score (nSPS) is 20.2. The Morgan fingerprint density at radius 1 is 1.47 bits per heavy atom. The van der Waals surface area contributed by atoms with E-state index in [0.29, 0.717) is 5.56 Å². The van der Waals surface area contributed by atoms with Crippen molar-refractivity contribution >= 4 is 11.8 Å². The molecule has 1 aliphatic rings. The average Bonchev–Trinajstić information content (AvgIpc) is 2.86. The van der Waals surface area contributed by atoms with Crippen molar-refractivity contribution in [2.75, 3.05) is 19.7 Å². The second kappa shape index (κ2) is 6.45. The van der Waals surface area contributed by atoms with Gasteiger partial charge in [0, 0.05) is 18.7 Å². The van der Waals surface area contributed by atoms with Crippen LogP contribution in [0.25, 0.3) is 6.08 Å². The molecule has 1 aromatic carbocycles. The second-order valence-electron chi connectivity index (χ2n) is 4.69. The summed E-state index contributed by atoms with van der Waals surface area (Å²) in [4.78, 5) is 12.7. The first-order chi connectivity index (χ1) is 9.22. The molecule has 0 bridgehead atoms. The second-order valence-corrected chi connectivity index (χ2v) is 4.69. The van der Waals surface area contributed by atoms with Gasteiger partial charge in [-0.2, -0.15) is 0 Å². The number of benzene rings is 1. The molecular formula is C14H18N2O3. The lowest BCUT2D eigenvalue weighted by atomic mass is 10.1. The van der Waals surface area contributed by atoms with E-state index in [1.54, 1.807) is 24.3 Å². The summed E-state index contributed by atoms with van der Waals surface area (Å²) < 4.78 is 0. The molecule has 1 aromatic rings. The highest BCUT2D eigenvalue weighted by molar-refractivity contribution is 5.60. The SMILES string of the molecule is O=[N+]([O-])c1ccccc1/C=C/CN1CCC[C@H]1CO. The van der Waals surface area contributed by atoms with Crippen LogP contribution >= 0.6 is 0 Å². The fourth-order valence-corrected chi connectivity index (χ4v) is 2.45. The number of hydrogen-bond donors (Lipinski definition) is 1. The van der Waals surface area contributed by atoms with Crippen LogP contribution in [0.1, 0.15) is 18.4 Å². The summed E-state index contributed by atoms with van der Waals surface area (Å²) in [7, 11) is 0. The third-order valence-electron chi connectivity index (χ3n) is 3.48. The van der Waals surface area contributed by atoms with Crippen LogP contribution in [0.2, 0.25) is 0 Å². The van der Waals surface area contributed by atoms with E-state index >= 15 is 0 Å². The van der Waals surface area contributed by atoms with Crippen LogP contribution in [0, 0.1) is 10.1 Å². The molecule has 0 spiro atoms. The molecule has 0 unspecified atom stereocenters. The molecule has 1 heterocycles. The molecule has 0 saturated carbocycles. The number of nitro groups is 1. The topological polar surface area (TPSA) is 66.6 Å². The van der Waals surface area contributed by atoms with Crippen LogP contribution in [0.5, 0.6) is 0 Å². The Bertz CT molecular complexity index is 474. The van der Waals surface area contributed by atoms with Crippen molar-refractivity contribution in [1.29, 1.82) is 0 Å². The van der Waals surface area contributed by atoms with Crippen molar-refractivity contribution in [1.82, 2.24) is 4.90 Å². The fourth-order valence-electron chi connectivity index (χ4n) is 2.45. The first-order valence-corrected chi connectivity index (χ1v) is 6.47. The van der Waals surface area contributed by atoms with Crippen molar-refractivity contribution in [2.45, 2.75) is 18.9 Å². The van der Waals surface area contributed by atoms with E-state index in [4.69, 9.17) is 0 Å². The number of aliphatic hydroxyl groups excluding tert-OH is 1. The molecule has 19 heavy (non-hydrogen) atoms. The maximum absolute atomic E-state index is 10.9. The van der Waals surface area contributed by atoms with Gasteiger partial charge in [0.25, 0.3) is 5.69 Å². The van der Waals surface area contributed by atoms with Gasteiger partial charge in [-0.25, -0.2) is 0 Å². The van der Waals surface area contributed by atoms with Crippen molar-refractivity contribution in [2.24, 2.45) is 0 Å². The van der Waals surface area contributed by atoms with E-state index < -0.39 is 0 Å². The molecule has 1 saturated heterocycles. The number of hydrogen-bond acceptors (Lipinski definition) is 4. The highest BCUT2D eigenvalue weighted by atomic mass is 16.6. The van der Waals surface area contributed by atoms with Crippen molar-refractivity contribution < 1.29 is 10.0 Å². The zero-order valence-electron chi connectivity index (χ0n) is 10.7. The monoisotopic (exact) mass is 262 g/mol.